The van der Waals surface area contributed by atoms with Crippen molar-refractivity contribution < 1.29 is 19.4 Å². The van der Waals surface area contributed by atoms with E-state index in [2.05, 4.69) is 10.6 Å². The highest BCUT2D eigenvalue weighted by Gasteiger charge is 2.04. The van der Waals surface area contributed by atoms with Gasteiger partial charge in [-0.2, -0.15) is 0 Å². The van der Waals surface area contributed by atoms with Gasteiger partial charge in [-0.15, -0.1) is 0 Å². The molecule has 0 aromatic heterocycles. The average Bonchev–Trinajstić information content (AvgIpc) is 2.53. The molecule has 1 amide bonds. The third kappa shape index (κ3) is 5.16. The van der Waals surface area contributed by atoms with E-state index in [0.29, 0.717) is 11.4 Å². The molecule has 114 valence electrons. The molecule has 0 heterocycles. The van der Waals surface area contributed by atoms with E-state index >= 15 is 0 Å². The van der Waals surface area contributed by atoms with E-state index in [-0.39, 0.29) is 13.2 Å². The van der Waals surface area contributed by atoms with Crippen molar-refractivity contribution in [2.45, 2.75) is 6.61 Å². The van der Waals surface area contributed by atoms with Crippen molar-refractivity contribution in [3.63, 3.8) is 0 Å². The van der Waals surface area contributed by atoms with Gasteiger partial charge in [-0.05, 0) is 29.8 Å². The van der Waals surface area contributed by atoms with Crippen LogP contribution in [0.1, 0.15) is 5.56 Å². The van der Waals surface area contributed by atoms with Crippen LogP contribution in [0.3, 0.4) is 0 Å². The Morgan fingerprint density at radius 2 is 1.59 bits per heavy atom. The first-order valence-electron chi connectivity index (χ1n) is 6.67. The number of carboxylic acid groups (broad SMARTS) is 1. The smallest absolute Gasteiger partial charge is 0.411 e. The summed E-state index contributed by atoms with van der Waals surface area (Å²) in [6.45, 7) is 0.0385. The van der Waals surface area contributed by atoms with Crippen LogP contribution in [0.25, 0.3) is 0 Å². The van der Waals surface area contributed by atoms with E-state index < -0.39 is 12.1 Å². The standard InChI is InChI=1S/C16H16N2O4/c19-15(20)10-17-13-6-8-14(9-7-13)18-16(21)22-11-12-4-2-1-3-5-12/h1-9,17H,10-11H2,(H,18,21)(H,19,20). The summed E-state index contributed by atoms with van der Waals surface area (Å²) >= 11 is 0. The lowest BCUT2D eigenvalue weighted by Gasteiger charge is -2.08. The number of benzene rings is 2. The molecule has 0 fully saturated rings. The maximum atomic E-state index is 11.7. The molecule has 0 saturated carbocycles. The van der Waals surface area contributed by atoms with E-state index in [0.717, 1.165) is 5.56 Å². The number of nitrogens with one attached hydrogen (secondary N) is 2. The van der Waals surface area contributed by atoms with Crippen LogP contribution in [0.4, 0.5) is 16.2 Å². The van der Waals surface area contributed by atoms with Crippen molar-refractivity contribution in [2.24, 2.45) is 0 Å². The number of hydrogen-bond acceptors (Lipinski definition) is 4. The van der Waals surface area contributed by atoms with Gasteiger partial charge in [-0.25, -0.2) is 4.79 Å². The summed E-state index contributed by atoms with van der Waals surface area (Å²) in [5.74, 6) is -0.938. The molecule has 2 rings (SSSR count). The van der Waals surface area contributed by atoms with Crippen molar-refractivity contribution in [3.8, 4) is 0 Å². The van der Waals surface area contributed by atoms with Gasteiger partial charge in [0.1, 0.15) is 13.2 Å². The Labute approximate surface area is 127 Å². The second kappa shape index (κ2) is 7.68. The third-order valence-electron chi connectivity index (χ3n) is 2.79. The van der Waals surface area contributed by atoms with Crippen LogP contribution in [0.2, 0.25) is 0 Å². The lowest BCUT2D eigenvalue weighted by molar-refractivity contribution is -0.134. The number of aliphatic carboxylic acids is 1. The molecular weight excluding hydrogens is 284 g/mol. The SMILES string of the molecule is O=C(O)CNc1ccc(NC(=O)OCc2ccccc2)cc1. The van der Waals surface area contributed by atoms with Crippen LogP contribution in [-0.2, 0) is 16.1 Å². The van der Waals surface area contributed by atoms with Crippen molar-refractivity contribution >= 4 is 23.4 Å². The molecule has 0 saturated heterocycles. The lowest BCUT2D eigenvalue weighted by atomic mass is 10.2. The van der Waals surface area contributed by atoms with Gasteiger partial charge in [0.15, 0.2) is 0 Å². The highest BCUT2D eigenvalue weighted by Crippen LogP contribution is 2.13. The molecule has 0 spiro atoms. The lowest BCUT2D eigenvalue weighted by Crippen LogP contribution is -2.14. The molecule has 6 nitrogen and oxygen atoms in total. The third-order valence-corrected chi connectivity index (χ3v) is 2.79. The molecule has 2 aromatic rings. The fourth-order valence-corrected chi connectivity index (χ4v) is 1.73. The van der Waals surface area contributed by atoms with E-state index in [1.807, 2.05) is 30.3 Å². The van der Waals surface area contributed by atoms with Crippen LogP contribution in [0.15, 0.2) is 54.6 Å². The monoisotopic (exact) mass is 300 g/mol. The number of carbonyl (C=O) groups excluding carboxylic acids is 1. The maximum Gasteiger partial charge on any atom is 0.411 e. The van der Waals surface area contributed by atoms with Gasteiger partial charge in [0.25, 0.3) is 0 Å². The van der Waals surface area contributed by atoms with E-state index in [9.17, 15) is 9.59 Å². The molecule has 0 atom stereocenters. The average molecular weight is 300 g/mol. The number of carboxylic acids is 1. The molecule has 6 heteroatoms. The van der Waals surface area contributed by atoms with E-state index in [1.54, 1.807) is 24.3 Å². The Morgan fingerprint density at radius 3 is 2.23 bits per heavy atom. The molecule has 3 N–H and O–H groups in total. The van der Waals surface area contributed by atoms with Crippen LogP contribution in [-0.4, -0.2) is 23.7 Å². The van der Waals surface area contributed by atoms with Gasteiger partial charge in [0.05, 0.1) is 0 Å². The van der Waals surface area contributed by atoms with Crippen molar-refractivity contribution in [2.75, 3.05) is 17.2 Å². The van der Waals surface area contributed by atoms with Crippen LogP contribution in [0, 0.1) is 0 Å². The predicted octanol–water partition coefficient (Wildman–Crippen LogP) is 2.93. The minimum atomic E-state index is -0.938. The second-order valence-electron chi connectivity index (χ2n) is 4.51. The molecule has 0 bridgehead atoms. The second-order valence-corrected chi connectivity index (χ2v) is 4.51. The molecule has 0 unspecified atom stereocenters. The number of carbonyl (C=O) groups is 2. The number of hydrogen-bond donors (Lipinski definition) is 3. The fraction of sp³-hybridized carbons (Fsp3) is 0.125. The molecule has 0 radical (unpaired) electrons. The Morgan fingerprint density at radius 1 is 0.955 bits per heavy atom. The highest BCUT2D eigenvalue weighted by atomic mass is 16.5. The summed E-state index contributed by atoms with van der Waals surface area (Å²) in [6, 6.07) is 16.1. The molecule has 22 heavy (non-hydrogen) atoms. The number of amides is 1. The molecule has 0 aliphatic carbocycles. The summed E-state index contributed by atoms with van der Waals surface area (Å²) in [4.78, 5) is 22.1. The molecule has 0 aliphatic heterocycles. The first kappa shape index (κ1) is 15.4. The van der Waals surface area contributed by atoms with Gasteiger partial charge in [-0.1, -0.05) is 30.3 Å². The van der Waals surface area contributed by atoms with Crippen molar-refractivity contribution in [1.29, 1.82) is 0 Å². The molecule has 2 aromatic carbocycles. The van der Waals surface area contributed by atoms with Crippen molar-refractivity contribution in [1.82, 2.24) is 0 Å². The first-order chi connectivity index (χ1) is 10.6. The highest BCUT2D eigenvalue weighted by molar-refractivity contribution is 5.85. The molecular formula is C16H16N2O4. The number of anilines is 2. The van der Waals surface area contributed by atoms with Gasteiger partial charge in [-0.3, -0.25) is 10.1 Å². The number of rotatable bonds is 6. The topological polar surface area (TPSA) is 87.7 Å². The predicted molar refractivity (Wildman–Crippen MR) is 82.8 cm³/mol. The largest absolute Gasteiger partial charge is 0.480 e. The zero-order chi connectivity index (χ0) is 15.8. The van der Waals surface area contributed by atoms with E-state index in [1.165, 1.54) is 0 Å². The summed E-state index contributed by atoms with van der Waals surface area (Å²) in [6.07, 6.45) is -0.546. The van der Waals surface area contributed by atoms with Crippen LogP contribution in [0.5, 0.6) is 0 Å². The first-order valence-corrected chi connectivity index (χ1v) is 6.67. The number of ether oxygens (including phenoxy) is 1. The Hall–Kier alpha value is -3.02. The summed E-state index contributed by atoms with van der Waals surface area (Å²) < 4.78 is 5.10. The zero-order valence-electron chi connectivity index (χ0n) is 11.8. The van der Waals surface area contributed by atoms with Gasteiger partial charge in [0.2, 0.25) is 0 Å². The summed E-state index contributed by atoms with van der Waals surface area (Å²) in [5, 5.41) is 13.9. The van der Waals surface area contributed by atoms with Gasteiger partial charge >= 0.3 is 12.1 Å². The van der Waals surface area contributed by atoms with Crippen LogP contribution < -0.4 is 10.6 Å². The summed E-state index contributed by atoms with van der Waals surface area (Å²) in [7, 11) is 0. The Bertz CT molecular complexity index is 626. The summed E-state index contributed by atoms with van der Waals surface area (Å²) in [5.41, 5.74) is 2.13. The molecule has 0 aliphatic rings. The Kier molecular flexibility index (Phi) is 5.37. The normalized spacial score (nSPS) is 9.82. The minimum absolute atomic E-state index is 0.161. The zero-order valence-corrected chi connectivity index (χ0v) is 11.8. The van der Waals surface area contributed by atoms with E-state index in [4.69, 9.17) is 9.84 Å². The van der Waals surface area contributed by atoms with Crippen molar-refractivity contribution in [3.05, 3.63) is 60.2 Å². The van der Waals surface area contributed by atoms with Gasteiger partial charge in [0, 0.05) is 11.4 Å². The van der Waals surface area contributed by atoms with Crippen LogP contribution >= 0.6 is 0 Å². The quantitative estimate of drug-likeness (QED) is 0.763. The maximum absolute atomic E-state index is 11.7. The van der Waals surface area contributed by atoms with Gasteiger partial charge < -0.3 is 15.2 Å². The Balaban J connectivity index is 1.80. The fourth-order valence-electron chi connectivity index (χ4n) is 1.73. The minimum Gasteiger partial charge on any atom is -0.480 e.